The number of fused-ring (bicyclic) bond motifs is 1. The molecule has 1 aliphatic carbocycles. The lowest BCUT2D eigenvalue weighted by atomic mass is 10.1. The summed E-state index contributed by atoms with van der Waals surface area (Å²) in [5.41, 5.74) is 0.411. The van der Waals surface area contributed by atoms with E-state index >= 15 is 0 Å². The minimum atomic E-state index is -5.07. The summed E-state index contributed by atoms with van der Waals surface area (Å²) in [7, 11) is 4.62. The van der Waals surface area contributed by atoms with Gasteiger partial charge in [0.1, 0.15) is 0 Å². The monoisotopic (exact) mass is 372 g/mol. The Morgan fingerprint density at radius 2 is 1.96 bits per heavy atom. The molecule has 0 fully saturated rings. The topological polar surface area (TPSA) is 67.9 Å². The normalized spacial score (nSPS) is 17.9. The number of hydrogen-bond acceptors (Lipinski definition) is 5. The van der Waals surface area contributed by atoms with Crippen LogP contribution in [-0.4, -0.2) is 50.6 Å². The summed E-state index contributed by atoms with van der Waals surface area (Å²) >= 11 is 0. The average Bonchev–Trinajstić information content (AvgIpc) is 2.78. The highest BCUT2D eigenvalue weighted by Crippen LogP contribution is 2.42. The Kier molecular flexibility index (Phi) is 5.48. The average molecular weight is 372 g/mol. The molecule has 1 aromatic rings. The number of rotatable bonds is 5. The summed E-state index contributed by atoms with van der Waals surface area (Å²) in [6.45, 7) is 2.07. The van der Waals surface area contributed by atoms with E-state index in [1.165, 1.54) is 30.3 Å². The van der Waals surface area contributed by atoms with Crippen LogP contribution in [0, 0.1) is 0 Å². The smallest absolute Gasteiger partial charge is 0.471 e. The molecule has 0 saturated carbocycles. The molecule has 1 amide bonds. The number of ether oxygens (including phenoxy) is 2. The van der Waals surface area contributed by atoms with Crippen molar-refractivity contribution in [2.45, 2.75) is 19.1 Å². The lowest BCUT2D eigenvalue weighted by Gasteiger charge is -2.19. The van der Waals surface area contributed by atoms with Crippen molar-refractivity contribution in [3.05, 3.63) is 35.0 Å². The summed E-state index contributed by atoms with van der Waals surface area (Å²) in [4.78, 5) is 25.7. The third kappa shape index (κ3) is 3.76. The minimum Gasteiger partial charge on any atom is -0.493 e. The van der Waals surface area contributed by atoms with Crippen molar-refractivity contribution in [3.8, 4) is 11.5 Å². The van der Waals surface area contributed by atoms with E-state index in [0.717, 1.165) is 0 Å². The molecule has 1 aliphatic rings. The fourth-order valence-corrected chi connectivity index (χ4v) is 2.67. The summed E-state index contributed by atoms with van der Waals surface area (Å²) in [6, 6.07) is 1.60. The molecule has 0 aromatic heterocycles. The van der Waals surface area contributed by atoms with Crippen LogP contribution in [0.15, 0.2) is 23.9 Å². The van der Waals surface area contributed by atoms with E-state index in [9.17, 15) is 22.8 Å². The molecule has 0 radical (unpaired) electrons. The molecule has 1 atom stereocenters. The number of Topliss-reactive ketones (excluding diaryl/α,β-unsaturated/α-hetero) is 1. The zero-order valence-electron chi connectivity index (χ0n) is 14.7. The standard InChI is InChI=1S/C17H19F3N2O4/c1-5-26-13-7-10-9(6-12(13)25-4)14(21-16(24)17(18,19)20)11(15(10)23)8-22(2)3/h6-8,14H,5H2,1-4H3,(H,21,24)/b11-8-. The molecule has 1 aromatic carbocycles. The molecule has 0 saturated heterocycles. The zero-order chi connectivity index (χ0) is 19.6. The first-order chi connectivity index (χ1) is 12.1. The van der Waals surface area contributed by atoms with E-state index in [1.807, 2.05) is 5.32 Å². The minimum absolute atomic E-state index is 0.0262. The number of alkyl halides is 3. The van der Waals surface area contributed by atoms with Crippen molar-refractivity contribution < 1.29 is 32.2 Å². The van der Waals surface area contributed by atoms with Crippen LogP contribution in [0.5, 0.6) is 11.5 Å². The van der Waals surface area contributed by atoms with Crippen molar-refractivity contribution in [3.63, 3.8) is 0 Å². The van der Waals surface area contributed by atoms with Crippen LogP contribution in [0.25, 0.3) is 0 Å². The molecule has 0 bridgehead atoms. The van der Waals surface area contributed by atoms with Crippen LogP contribution in [0.2, 0.25) is 0 Å². The maximum atomic E-state index is 12.7. The number of benzene rings is 1. The Balaban J connectivity index is 2.58. The highest BCUT2D eigenvalue weighted by molar-refractivity contribution is 6.15. The van der Waals surface area contributed by atoms with E-state index in [-0.39, 0.29) is 22.4 Å². The summed E-state index contributed by atoms with van der Waals surface area (Å²) in [5, 5.41) is 1.89. The maximum absolute atomic E-state index is 12.7. The quantitative estimate of drug-likeness (QED) is 0.805. The number of methoxy groups -OCH3 is 1. The third-order valence-corrected chi connectivity index (χ3v) is 3.69. The molecule has 6 nitrogen and oxygen atoms in total. The van der Waals surface area contributed by atoms with Crippen LogP contribution >= 0.6 is 0 Å². The maximum Gasteiger partial charge on any atom is 0.471 e. The van der Waals surface area contributed by atoms with Crippen LogP contribution in [0.4, 0.5) is 13.2 Å². The molecular formula is C17H19F3N2O4. The van der Waals surface area contributed by atoms with Gasteiger partial charge in [-0.15, -0.1) is 0 Å². The van der Waals surface area contributed by atoms with Crippen LogP contribution in [0.1, 0.15) is 28.9 Å². The molecule has 0 heterocycles. The number of hydrogen-bond donors (Lipinski definition) is 1. The molecule has 142 valence electrons. The van der Waals surface area contributed by atoms with Gasteiger partial charge in [-0.2, -0.15) is 13.2 Å². The van der Waals surface area contributed by atoms with Gasteiger partial charge in [-0.05, 0) is 24.6 Å². The molecule has 1 N–H and O–H groups in total. The highest BCUT2D eigenvalue weighted by atomic mass is 19.4. The first-order valence-electron chi connectivity index (χ1n) is 7.75. The second-order valence-corrected chi connectivity index (χ2v) is 5.80. The van der Waals surface area contributed by atoms with E-state index in [1.54, 1.807) is 21.0 Å². The predicted molar refractivity (Wildman–Crippen MR) is 87.2 cm³/mol. The summed E-state index contributed by atoms with van der Waals surface area (Å²) in [6.07, 6.45) is -3.68. The van der Waals surface area contributed by atoms with Gasteiger partial charge in [0.2, 0.25) is 0 Å². The van der Waals surface area contributed by atoms with E-state index in [2.05, 4.69) is 0 Å². The van der Waals surface area contributed by atoms with Gasteiger partial charge in [0, 0.05) is 31.4 Å². The number of ketones is 1. The van der Waals surface area contributed by atoms with E-state index < -0.39 is 23.9 Å². The van der Waals surface area contributed by atoms with Gasteiger partial charge in [-0.25, -0.2) is 0 Å². The fraction of sp³-hybridized carbons (Fsp3) is 0.412. The molecule has 0 spiro atoms. The number of halogens is 3. The van der Waals surface area contributed by atoms with Crippen LogP contribution in [0.3, 0.4) is 0 Å². The summed E-state index contributed by atoms with van der Waals surface area (Å²) < 4.78 is 48.7. The fourth-order valence-electron chi connectivity index (χ4n) is 2.67. The second kappa shape index (κ2) is 7.27. The molecule has 26 heavy (non-hydrogen) atoms. The van der Waals surface area contributed by atoms with E-state index in [0.29, 0.717) is 12.4 Å². The first kappa shape index (κ1) is 19.6. The number of nitrogens with one attached hydrogen (secondary N) is 1. The van der Waals surface area contributed by atoms with Crippen LogP contribution < -0.4 is 14.8 Å². The Hall–Kier alpha value is -2.71. The van der Waals surface area contributed by atoms with E-state index in [4.69, 9.17) is 9.47 Å². The van der Waals surface area contributed by atoms with Crippen molar-refractivity contribution in [1.29, 1.82) is 0 Å². The summed E-state index contributed by atoms with van der Waals surface area (Å²) in [5.74, 6) is -2.05. The van der Waals surface area contributed by atoms with Gasteiger partial charge < -0.3 is 19.7 Å². The van der Waals surface area contributed by atoms with Gasteiger partial charge in [0.05, 0.1) is 19.8 Å². The number of nitrogens with zero attached hydrogens (tertiary/aromatic N) is 1. The lowest BCUT2D eigenvalue weighted by Crippen LogP contribution is -2.39. The van der Waals surface area contributed by atoms with Gasteiger partial charge in [0.25, 0.3) is 0 Å². The molecule has 9 heteroatoms. The van der Waals surface area contributed by atoms with Gasteiger partial charge in [0.15, 0.2) is 17.3 Å². The van der Waals surface area contributed by atoms with Crippen molar-refractivity contribution in [2.24, 2.45) is 0 Å². The Morgan fingerprint density at radius 3 is 2.46 bits per heavy atom. The van der Waals surface area contributed by atoms with Crippen molar-refractivity contribution in [1.82, 2.24) is 10.2 Å². The highest BCUT2D eigenvalue weighted by Gasteiger charge is 2.44. The zero-order valence-corrected chi connectivity index (χ0v) is 14.7. The molecule has 2 rings (SSSR count). The van der Waals surface area contributed by atoms with Gasteiger partial charge >= 0.3 is 12.1 Å². The Labute approximate surface area is 148 Å². The Morgan fingerprint density at radius 1 is 1.31 bits per heavy atom. The molecular weight excluding hydrogens is 353 g/mol. The number of carbonyl (C=O) groups excluding carboxylic acids is 2. The Bertz CT molecular complexity index is 757. The van der Waals surface area contributed by atoms with Gasteiger partial charge in [-0.3, -0.25) is 9.59 Å². The largest absolute Gasteiger partial charge is 0.493 e. The van der Waals surface area contributed by atoms with Crippen molar-refractivity contribution in [2.75, 3.05) is 27.8 Å². The van der Waals surface area contributed by atoms with Crippen molar-refractivity contribution >= 4 is 11.7 Å². The van der Waals surface area contributed by atoms with Gasteiger partial charge in [-0.1, -0.05) is 0 Å². The first-order valence-corrected chi connectivity index (χ1v) is 7.75. The number of amides is 1. The molecule has 0 aliphatic heterocycles. The lowest BCUT2D eigenvalue weighted by molar-refractivity contribution is -0.174. The number of carbonyl (C=O) groups is 2. The SMILES string of the molecule is CCOc1cc2c(cc1OC)C(NC(=O)C(F)(F)F)/C(=C/N(C)C)C2=O. The molecule has 1 unspecified atom stereocenters. The third-order valence-electron chi connectivity index (χ3n) is 3.69. The second-order valence-electron chi connectivity index (χ2n) is 5.80. The predicted octanol–water partition coefficient (Wildman–Crippen LogP) is 2.46. The van der Waals surface area contributed by atoms with Crippen LogP contribution in [-0.2, 0) is 4.79 Å².